The Morgan fingerprint density at radius 1 is 1.18 bits per heavy atom. The summed E-state index contributed by atoms with van der Waals surface area (Å²) in [5.41, 5.74) is -1.17. The van der Waals surface area contributed by atoms with Crippen molar-refractivity contribution in [3.05, 3.63) is 101 Å². The van der Waals surface area contributed by atoms with Crippen LogP contribution in [0.5, 0.6) is 0 Å². The number of allylic oxidation sites excluding steroid dienone is 2. The number of hydrogen-bond acceptors (Lipinski definition) is 7. The molecule has 0 aliphatic carbocycles. The Morgan fingerprint density at radius 3 is 2.63 bits per heavy atom. The summed E-state index contributed by atoms with van der Waals surface area (Å²) in [5.74, 6) is -2.08. The number of aliphatic hydroxyl groups is 1. The molecular formula is C27H25F3N4O3S. The van der Waals surface area contributed by atoms with Gasteiger partial charge in [0, 0.05) is 22.4 Å². The van der Waals surface area contributed by atoms with E-state index < -0.39 is 34.6 Å². The summed E-state index contributed by atoms with van der Waals surface area (Å²) in [7, 11) is 0. The standard InChI is InChI=1S/C27H25F3N4O3S/c1-18(27(35,15-34-17-32-16-33-34)23-9-8-21(28)11-25(23)30)38-22-13-36-26(37-14-22)5-3-2-4-20-7-6-19(12-31)10-24(20)29/h2-11,16-18,22,26,35H,13-15H2,1H3/b4-2+,5-3+/t18?,22?,26?,27-/m1/s1. The summed E-state index contributed by atoms with van der Waals surface area (Å²) >= 11 is 1.36. The summed E-state index contributed by atoms with van der Waals surface area (Å²) in [6, 6.07) is 9.21. The molecule has 3 aromatic rings. The molecule has 0 amide bonds. The van der Waals surface area contributed by atoms with Gasteiger partial charge in [-0.1, -0.05) is 37.3 Å². The first-order chi connectivity index (χ1) is 18.3. The lowest BCUT2D eigenvalue weighted by molar-refractivity contribution is -0.146. The summed E-state index contributed by atoms with van der Waals surface area (Å²) < 4.78 is 55.1. The van der Waals surface area contributed by atoms with E-state index in [0.29, 0.717) is 18.8 Å². The van der Waals surface area contributed by atoms with Crippen LogP contribution in [0, 0.1) is 28.8 Å². The number of aromatic nitrogens is 3. The molecule has 1 N–H and O–H groups in total. The molecule has 0 bridgehead atoms. The molecule has 7 nitrogen and oxygen atoms in total. The van der Waals surface area contributed by atoms with Gasteiger partial charge in [0.2, 0.25) is 0 Å². The maximum atomic E-state index is 14.7. The van der Waals surface area contributed by atoms with Crippen LogP contribution in [0.3, 0.4) is 0 Å². The lowest BCUT2D eigenvalue weighted by Gasteiger charge is -2.37. The smallest absolute Gasteiger partial charge is 0.177 e. The molecule has 4 rings (SSSR count). The molecule has 1 aliphatic rings. The average molecular weight is 543 g/mol. The second kappa shape index (κ2) is 12.4. The number of hydrogen-bond donors (Lipinski definition) is 1. The van der Waals surface area contributed by atoms with Crippen LogP contribution >= 0.6 is 11.8 Å². The van der Waals surface area contributed by atoms with Crippen molar-refractivity contribution in [1.29, 1.82) is 5.26 Å². The largest absolute Gasteiger partial charge is 0.382 e. The Bertz CT molecular complexity index is 1340. The molecule has 0 spiro atoms. The fourth-order valence-corrected chi connectivity index (χ4v) is 5.29. The molecule has 0 radical (unpaired) electrons. The topological polar surface area (TPSA) is 93.2 Å². The van der Waals surface area contributed by atoms with E-state index >= 15 is 0 Å². The van der Waals surface area contributed by atoms with Crippen molar-refractivity contribution in [3.8, 4) is 6.07 Å². The number of thioether (sulfide) groups is 1. The molecule has 0 saturated carbocycles. The molecule has 2 atom stereocenters. The number of benzene rings is 2. The molecule has 1 aliphatic heterocycles. The first kappa shape index (κ1) is 27.6. The normalized spacial score (nSPS) is 20.4. The number of nitrogens with zero attached hydrogens (tertiary/aromatic N) is 4. The number of rotatable bonds is 9. The Kier molecular flexibility index (Phi) is 9.01. The molecule has 2 aromatic carbocycles. The van der Waals surface area contributed by atoms with Gasteiger partial charge in [0.1, 0.15) is 35.7 Å². The molecule has 198 valence electrons. The Balaban J connectivity index is 1.36. The van der Waals surface area contributed by atoms with Crippen molar-refractivity contribution < 1.29 is 27.8 Å². The highest BCUT2D eigenvalue weighted by Gasteiger charge is 2.41. The van der Waals surface area contributed by atoms with Crippen molar-refractivity contribution in [2.75, 3.05) is 13.2 Å². The van der Waals surface area contributed by atoms with Crippen LogP contribution in [0.1, 0.15) is 23.6 Å². The highest BCUT2D eigenvalue weighted by atomic mass is 32.2. The second-order valence-electron chi connectivity index (χ2n) is 8.67. The summed E-state index contributed by atoms with van der Waals surface area (Å²) in [5, 5.41) is 23.8. The number of nitriles is 1. The van der Waals surface area contributed by atoms with E-state index in [1.54, 1.807) is 31.2 Å². The monoisotopic (exact) mass is 542 g/mol. The van der Waals surface area contributed by atoms with Crippen molar-refractivity contribution in [3.63, 3.8) is 0 Å². The van der Waals surface area contributed by atoms with E-state index in [1.165, 1.54) is 53.4 Å². The minimum atomic E-state index is -1.72. The van der Waals surface area contributed by atoms with E-state index in [4.69, 9.17) is 14.7 Å². The third-order valence-electron chi connectivity index (χ3n) is 6.01. The maximum absolute atomic E-state index is 14.7. The third-order valence-corrected chi connectivity index (χ3v) is 7.47. The lowest BCUT2D eigenvalue weighted by atomic mass is 9.90. The van der Waals surface area contributed by atoms with Gasteiger partial charge in [-0.2, -0.15) is 10.4 Å². The maximum Gasteiger partial charge on any atom is 0.177 e. The first-order valence-corrected chi connectivity index (χ1v) is 12.7. The lowest BCUT2D eigenvalue weighted by Crippen LogP contribution is -2.43. The Morgan fingerprint density at radius 2 is 1.97 bits per heavy atom. The molecule has 2 heterocycles. The fourth-order valence-electron chi connectivity index (χ4n) is 3.97. The van der Waals surface area contributed by atoms with E-state index in [1.807, 2.05) is 6.07 Å². The van der Waals surface area contributed by atoms with E-state index in [2.05, 4.69) is 10.1 Å². The van der Waals surface area contributed by atoms with Gasteiger partial charge >= 0.3 is 0 Å². The van der Waals surface area contributed by atoms with Gasteiger partial charge in [0.05, 0.1) is 36.6 Å². The van der Waals surface area contributed by atoms with E-state index in [-0.39, 0.29) is 22.9 Å². The summed E-state index contributed by atoms with van der Waals surface area (Å²) in [4.78, 5) is 3.88. The zero-order valence-electron chi connectivity index (χ0n) is 20.4. The van der Waals surface area contributed by atoms with Gasteiger partial charge in [0.15, 0.2) is 6.29 Å². The molecule has 1 saturated heterocycles. The van der Waals surface area contributed by atoms with Crippen LogP contribution in [-0.4, -0.2) is 49.9 Å². The zero-order valence-corrected chi connectivity index (χ0v) is 21.2. The van der Waals surface area contributed by atoms with Gasteiger partial charge in [-0.25, -0.2) is 22.8 Å². The third kappa shape index (κ3) is 6.71. The molecule has 1 unspecified atom stereocenters. The highest BCUT2D eigenvalue weighted by Crippen LogP contribution is 2.38. The molecule has 11 heteroatoms. The van der Waals surface area contributed by atoms with Crippen LogP contribution in [0.4, 0.5) is 13.2 Å². The van der Waals surface area contributed by atoms with Gasteiger partial charge in [-0.05, 0) is 24.3 Å². The van der Waals surface area contributed by atoms with Gasteiger partial charge in [0.25, 0.3) is 0 Å². The second-order valence-corrected chi connectivity index (χ2v) is 10.3. The first-order valence-electron chi connectivity index (χ1n) is 11.7. The van der Waals surface area contributed by atoms with Crippen LogP contribution in [0.25, 0.3) is 6.08 Å². The minimum Gasteiger partial charge on any atom is -0.382 e. The minimum absolute atomic E-state index is 0.0432. The number of halogens is 3. The van der Waals surface area contributed by atoms with Crippen molar-refractivity contribution in [2.24, 2.45) is 0 Å². The molecule has 1 fully saturated rings. The fraction of sp³-hybridized carbons (Fsp3) is 0.296. The predicted octanol–water partition coefficient (Wildman–Crippen LogP) is 4.59. The van der Waals surface area contributed by atoms with Crippen LogP contribution < -0.4 is 0 Å². The molecular weight excluding hydrogens is 517 g/mol. The van der Waals surface area contributed by atoms with Crippen LogP contribution in [0.15, 0.2) is 67.3 Å². The highest BCUT2D eigenvalue weighted by molar-refractivity contribution is 8.00. The SMILES string of the molecule is CC(SC1COC(/C=C/C=C/c2ccc(C#N)cc2F)OC1)[C@](O)(Cn1cncn1)c1ccc(F)cc1F. The van der Waals surface area contributed by atoms with Crippen molar-refractivity contribution >= 4 is 17.8 Å². The van der Waals surface area contributed by atoms with E-state index in [9.17, 15) is 18.3 Å². The van der Waals surface area contributed by atoms with Crippen LogP contribution in [-0.2, 0) is 21.6 Å². The Hall–Kier alpha value is -3.43. The van der Waals surface area contributed by atoms with E-state index in [0.717, 1.165) is 12.1 Å². The summed E-state index contributed by atoms with van der Waals surface area (Å²) in [6.45, 7) is 2.28. The number of ether oxygens (including phenoxy) is 2. The van der Waals surface area contributed by atoms with Gasteiger partial charge in [-0.3, -0.25) is 0 Å². The average Bonchev–Trinajstić information content (AvgIpc) is 3.40. The van der Waals surface area contributed by atoms with Crippen molar-refractivity contribution in [1.82, 2.24) is 14.8 Å². The van der Waals surface area contributed by atoms with Gasteiger partial charge < -0.3 is 14.6 Å². The molecule has 38 heavy (non-hydrogen) atoms. The molecule has 1 aromatic heterocycles. The summed E-state index contributed by atoms with van der Waals surface area (Å²) in [6.07, 6.45) is 8.68. The predicted molar refractivity (Wildman–Crippen MR) is 136 cm³/mol. The quantitative estimate of drug-likeness (QED) is 0.396. The van der Waals surface area contributed by atoms with Crippen LogP contribution in [0.2, 0.25) is 0 Å². The van der Waals surface area contributed by atoms with Crippen molar-refractivity contribution in [2.45, 2.75) is 35.9 Å². The Labute approximate surface area is 222 Å². The zero-order chi connectivity index (χ0) is 27.1. The van der Waals surface area contributed by atoms with Gasteiger partial charge in [-0.15, -0.1) is 11.8 Å².